The van der Waals surface area contributed by atoms with Crippen LogP contribution in [0.15, 0.2) is 30.3 Å². The molecular formula is C16H21NO2. The smallest absolute Gasteiger partial charge is 0.306 e. The van der Waals surface area contributed by atoms with E-state index in [1.807, 2.05) is 0 Å². The van der Waals surface area contributed by atoms with Crippen LogP contribution in [0, 0.1) is 5.92 Å². The molecule has 1 aromatic carbocycles. The molecule has 1 heterocycles. The second-order valence-electron chi connectivity index (χ2n) is 5.92. The summed E-state index contributed by atoms with van der Waals surface area (Å²) in [7, 11) is 0. The Labute approximate surface area is 114 Å². The first-order chi connectivity index (χ1) is 9.24. The molecule has 0 radical (unpaired) electrons. The molecule has 0 aromatic heterocycles. The molecule has 2 aliphatic rings. The average Bonchev–Trinajstić information content (AvgIpc) is 2.39. The summed E-state index contributed by atoms with van der Waals surface area (Å²) in [6, 6.07) is 11.1. The van der Waals surface area contributed by atoms with Crippen LogP contribution in [0.1, 0.15) is 37.2 Å². The summed E-state index contributed by atoms with van der Waals surface area (Å²) in [6.07, 6.45) is 3.94. The van der Waals surface area contributed by atoms with Crippen molar-refractivity contribution in [3.05, 3.63) is 35.9 Å². The van der Waals surface area contributed by atoms with Crippen molar-refractivity contribution in [1.82, 2.24) is 4.90 Å². The zero-order valence-corrected chi connectivity index (χ0v) is 11.2. The molecule has 0 bridgehead atoms. The van der Waals surface area contributed by atoms with Gasteiger partial charge in [0.15, 0.2) is 0 Å². The molecule has 102 valence electrons. The number of carboxylic acid groups (broad SMARTS) is 1. The van der Waals surface area contributed by atoms with Gasteiger partial charge in [0.2, 0.25) is 0 Å². The van der Waals surface area contributed by atoms with Crippen LogP contribution < -0.4 is 0 Å². The van der Waals surface area contributed by atoms with E-state index in [2.05, 4.69) is 35.2 Å². The lowest BCUT2D eigenvalue weighted by atomic mass is 9.81. The highest BCUT2D eigenvalue weighted by molar-refractivity contribution is 5.70. The number of benzene rings is 1. The Morgan fingerprint density at radius 3 is 2.58 bits per heavy atom. The van der Waals surface area contributed by atoms with Gasteiger partial charge >= 0.3 is 5.97 Å². The van der Waals surface area contributed by atoms with Gasteiger partial charge in [-0.3, -0.25) is 9.69 Å². The summed E-state index contributed by atoms with van der Waals surface area (Å²) >= 11 is 0. The molecule has 2 atom stereocenters. The molecule has 1 aliphatic heterocycles. The zero-order chi connectivity index (χ0) is 13.2. The highest BCUT2D eigenvalue weighted by atomic mass is 16.4. The first kappa shape index (κ1) is 12.7. The van der Waals surface area contributed by atoms with Crippen molar-refractivity contribution in [3.8, 4) is 0 Å². The lowest BCUT2D eigenvalue weighted by molar-refractivity contribution is -0.143. The first-order valence-electron chi connectivity index (χ1n) is 7.26. The molecule has 1 N–H and O–H groups in total. The van der Waals surface area contributed by atoms with E-state index in [-0.39, 0.29) is 5.92 Å². The van der Waals surface area contributed by atoms with Crippen molar-refractivity contribution in [3.63, 3.8) is 0 Å². The second kappa shape index (κ2) is 5.33. The maximum Gasteiger partial charge on any atom is 0.306 e. The van der Waals surface area contributed by atoms with Gasteiger partial charge in [0, 0.05) is 25.0 Å². The third-order valence-electron chi connectivity index (χ3n) is 4.69. The van der Waals surface area contributed by atoms with Crippen molar-refractivity contribution in [2.45, 2.75) is 37.6 Å². The van der Waals surface area contributed by atoms with Gasteiger partial charge in [-0.15, -0.1) is 0 Å². The fraction of sp³-hybridized carbons (Fsp3) is 0.562. The minimum absolute atomic E-state index is 0.116. The molecule has 1 aliphatic carbocycles. The van der Waals surface area contributed by atoms with Crippen LogP contribution >= 0.6 is 0 Å². The van der Waals surface area contributed by atoms with Gasteiger partial charge in [0.25, 0.3) is 0 Å². The third kappa shape index (κ3) is 2.66. The number of hydrogen-bond donors (Lipinski definition) is 1. The number of carbonyl (C=O) groups is 1. The molecular weight excluding hydrogens is 238 g/mol. The van der Waals surface area contributed by atoms with Crippen LogP contribution in [0.3, 0.4) is 0 Å². The van der Waals surface area contributed by atoms with Crippen LogP contribution in [0.5, 0.6) is 0 Å². The van der Waals surface area contributed by atoms with Gasteiger partial charge in [0.05, 0.1) is 5.92 Å². The normalized spacial score (nSPS) is 28.8. The van der Waals surface area contributed by atoms with Gasteiger partial charge in [-0.25, -0.2) is 0 Å². The standard InChI is InChI=1S/C16H21NO2/c18-16(19)13-7-4-8-15(9-13)17-10-14(11-17)12-5-2-1-3-6-12/h1-3,5-6,13-15H,4,7-11H2,(H,18,19). The number of nitrogens with zero attached hydrogens (tertiary/aromatic N) is 1. The van der Waals surface area contributed by atoms with E-state index in [0.29, 0.717) is 12.0 Å². The second-order valence-corrected chi connectivity index (χ2v) is 5.92. The van der Waals surface area contributed by atoms with Crippen molar-refractivity contribution in [1.29, 1.82) is 0 Å². The number of carboxylic acids is 1. The number of aliphatic carboxylic acids is 1. The molecule has 3 heteroatoms. The van der Waals surface area contributed by atoms with E-state index < -0.39 is 5.97 Å². The van der Waals surface area contributed by atoms with E-state index in [0.717, 1.165) is 32.4 Å². The van der Waals surface area contributed by atoms with Crippen molar-refractivity contribution in [2.75, 3.05) is 13.1 Å². The highest BCUT2D eigenvalue weighted by Crippen LogP contribution is 2.35. The predicted octanol–water partition coefficient (Wildman–Crippen LogP) is 2.73. The van der Waals surface area contributed by atoms with E-state index in [9.17, 15) is 4.79 Å². The van der Waals surface area contributed by atoms with Crippen molar-refractivity contribution < 1.29 is 9.90 Å². The van der Waals surface area contributed by atoms with Crippen molar-refractivity contribution in [2.24, 2.45) is 5.92 Å². The van der Waals surface area contributed by atoms with Gasteiger partial charge in [-0.05, 0) is 24.8 Å². The summed E-state index contributed by atoms with van der Waals surface area (Å²) in [5.41, 5.74) is 1.42. The Morgan fingerprint density at radius 1 is 1.16 bits per heavy atom. The van der Waals surface area contributed by atoms with E-state index >= 15 is 0 Å². The summed E-state index contributed by atoms with van der Waals surface area (Å²) in [5, 5.41) is 9.14. The quantitative estimate of drug-likeness (QED) is 0.907. The highest BCUT2D eigenvalue weighted by Gasteiger charge is 2.37. The molecule has 2 unspecified atom stereocenters. The minimum atomic E-state index is -0.607. The SMILES string of the molecule is O=C(O)C1CCCC(N2CC(c3ccccc3)C2)C1. The number of rotatable bonds is 3. The lowest BCUT2D eigenvalue weighted by Gasteiger charge is -2.46. The number of likely N-dealkylation sites (tertiary alicyclic amines) is 1. The average molecular weight is 259 g/mol. The van der Waals surface area contributed by atoms with Crippen LogP contribution in [0.2, 0.25) is 0 Å². The Bertz CT molecular complexity index is 439. The Morgan fingerprint density at radius 2 is 1.89 bits per heavy atom. The largest absolute Gasteiger partial charge is 0.481 e. The van der Waals surface area contributed by atoms with E-state index in [4.69, 9.17) is 5.11 Å². The van der Waals surface area contributed by atoms with E-state index in [1.165, 1.54) is 12.0 Å². The van der Waals surface area contributed by atoms with Crippen LogP contribution in [0.25, 0.3) is 0 Å². The zero-order valence-electron chi connectivity index (χ0n) is 11.2. The van der Waals surface area contributed by atoms with Gasteiger partial charge in [-0.2, -0.15) is 0 Å². The third-order valence-corrected chi connectivity index (χ3v) is 4.69. The first-order valence-corrected chi connectivity index (χ1v) is 7.26. The Balaban J connectivity index is 1.54. The Kier molecular flexibility index (Phi) is 3.56. The van der Waals surface area contributed by atoms with Gasteiger partial charge < -0.3 is 5.11 Å². The lowest BCUT2D eigenvalue weighted by Crippen LogP contribution is -2.52. The van der Waals surface area contributed by atoms with Gasteiger partial charge in [0.1, 0.15) is 0 Å². The molecule has 0 amide bonds. The number of hydrogen-bond acceptors (Lipinski definition) is 2. The van der Waals surface area contributed by atoms with Crippen LogP contribution in [-0.2, 0) is 4.79 Å². The topological polar surface area (TPSA) is 40.5 Å². The summed E-state index contributed by atoms with van der Waals surface area (Å²) in [4.78, 5) is 13.6. The fourth-order valence-corrected chi connectivity index (χ4v) is 3.47. The molecule has 3 rings (SSSR count). The minimum Gasteiger partial charge on any atom is -0.481 e. The molecule has 1 saturated heterocycles. The predicted molar refractivity (Wildman–Crippen MR) is 74.1 cm³/mol. The van der Waals surface area contributed by atoms with Crippen molar-refractivity contribution >= 4 is 5.97 Å². The van der Waals surface area contributed by atoms with Crippen LogP contribution in [0.4, 0.5) is 0 Å². The molecule has 1 aromatic rings. The monoisotopic (exact) mass is 259 g/mol. The molecule has 1 saturated carbocycles. The molecule has 2 fully saturated rings. The Hall–Kier alpha value is -1.35. The van der Waals surface area contributed by atoms with Crippen LogP contribution in [-0.4, -0.2) is 35.1 Å². The molecule has 0 spiro atoms. The molecule has 3 nitrogen and oxygen atoms in total. The maximum absolute atomic E-state index is 11.1. The fourth-order valence-electron chi connectivity index (χ4n) is 3.47. The summed E-state index contributed by atoms with van der Waals surface area (Å²) in [5.74, 6) is -0.0780. The maximum atomic E-state index is 11.1. The summed E-state index contributed by atoms with van der Waals surface area (Å²) < 4.78 is 0. The molecule has 19 heavy (non-hydrogen) atoms. The van der Waals surface area contributed by atoms with Gasteiger partial charge in [-0.1, -0.05) is 36.8 Å². The summed E-state index contributed by atoms with van der Waals surface area (Å²) in [6.45, 7) is 2.20. The van der Waals surface area contributed by atoms with E-state index in [1.54, 1.807) is 0 Å².